The molecule has 4 nitrogen and oxygen atoms in total. The van der Waals surface area contributed by atoms with Crippen molar-refractivity contribution in [3.05, 3.63) is 53.1 Å². The molecular weight excluding hydrogens is 585 g/mol. The molecule has 3 rings (SSSR count). The Morgan fingerprint density at radius 3 is 2.21 bits per heavy atom. The first kappa shape index (κ1) is 32.5. The van der Waals surface area contributed by atoms with Gasteiger partial charge in [0, 0.05) is 29.5 Å². The number of hydrogen-bond acceptors (Lipinski definition) is 3. The highest BCUT2D eigenvalue weighted by Gasteiger charge is 2.29. The van der Waals surface area contributed by atoms with E-state index < -0.39 is 0 Å². The van der Waals surface area contributed by atoms with Crippen LogP contribution < -0.4 is 38.2 Å². The summed E-state index contributed by atoms with van der Waals surface area (Å²) >= 11 is 0. The molecule has 0 saturated heterocycles. The number of fused-ring (bicyclic) bond motifs is 1. The summed E-state index contributed by atoms with van der Waals surface area (Å²) in [6.07, 6.45) is 16.1. The Morgan fingerprint density at radius 2 is 1.50 bits per heavy atom. The molecule has 0 saturated carbocycles. The molecule has 5 heteroatoms. The number of halogens is 1. The standard InChI is InChI=1S/C33H50NO3.HI/c1-5-7-9-11-13-15-24-37-33-30-22-23-34(26-27-17-16-18-28(25-27)35-3)31(19-14-12-10-8-6-2)29(30)20-21-32(33)36-4;/h16-18,20-21,25H,5-15,19,22-24,26H2,1-4H3;1H/q+1;/p-1. The molecule has 0 bridgehead atoms. The third-order valence-electron chi connectivity index (χ3n) is 7.54. The van der Waals surface area contributed by atoms with Crippen molar-refractivity contribution in [2.45, 2.75) is 104 Å². The molecule has 0 spiro atoms. The normalized spacial score (nSPS) is 12.6. The highest BCUT2D eigenvalue weighted by atomic mass is 127. The van der Waals surface area contributed by atoms with E-state index in [2.05, 4.69) is 48.8 Å². The van der Waals surface area contributed by atoms with E-state index in [0.717, 1.165) is 56.2 Å². The van der Waals surface area contributed by atoms with E-state index in [9.17, 15) is 0 Å². The van der Waals surface area contributed by atoms with Crippen LogP contribution in [0.15, 0.2) is 36.4 Å². The van der Waals surface area contributed by atoms with Crippen molar-refractivity contribution in [3.8, 4) is 17.2 Å². The SMILES string of the molecule is CCCCCCCCOc1c(OC)ccc2c1CC[N+](Cc1cccc(OC)c1)=C2CCCCCCC.[I-]. The van der Waals surface area contributed by atoms with Gasteiger partial charge in [-0.05, 0) is 37.1 Å². The lowest BCUT2D eigenvalue weighted by Crippen LogP contribution is -3.00. The van der Waals surface area contributed by atoms with Crippen LogP contribution in [0.1, 0.15) is 108 Å². The van der Waals surface area contributed by atoms with Crippen LogP contribution in [0.4, 0.5) is 0 Å². The molecular formula is C33H50INO3. The summed E-state index contributed by atoms with van der Waals surface area (Å²) in [6.45, 7) is 7.21. The fourth-order valence-electron chi connectivity index (χ4n) is 5.41. The maximum Gasteiger partial charge on any atom is 0.184 e. The van der Waals surface area contributed by atoms with Gasteiger partial charge in [0.1, 0.15) is 12.3 Å². The van der Waals surface area contributed by atoms with Gasteiger partial charge in [-0.1, -0.05) is 83.8 Å². The summed E-state index contributed by atoms with van der Waals surface area (Å²) in [7, 11) is 3.50. The second-order valence-corrected chi connectivity index (χ2v) is 10.4. The molecule has 0 fully saturated rings. The van der Waals surface area contributed by atoms with Crippen LogP contribution in [0.5, 0.6) is 17.2 Å². The summed E-state index contributed by atoms with van der Waals surface area (Å²) in [5, 5.41) is 0. The lowest BCUT2D eigenvalue weighted by molar-refractivity contribution is -0.545. The van der Waals surface area contributed by atoms with Crippen LogP contribution >= 0.6 is 0 Å². The van der Waals surface area contributed by atoms with Crippen LogP contribution in [0.25, 0.3) is 0 Å². The van der Waals surface area contributed by atoms with E-state index in [1.165, 1.54) is 86.6 Å². The monoisotopic (exact) mass is 635 g/mol. The number of hydrogen-bond donors (Lipinski definition) is 0. The van der Waals surface area contributed by atoms with Gasteiger partial charge in [-0.3, -0.25) is 0 Å². The van der Waals surface area contributed by atoms with Crippen molar-refractivity contribution in [1.29, 1.82) is 0 Å². The third-order valence-corrected chi connectivity index (χ3v) is 7.54. The number of benzene rings is 2. The van der Waals surface area contributed by atoms with E-state index in [4.69, 9.17) is 14.2 Å². The zero-order valence-corrected chi connectivity index (χ0v) is 26.5. The molecule has 0 aromatic heterocycles. The highest BCUT2D eigenvalue weighted by molar-refractivity contribution is 5.99. The van der Waals surface area contributed by atoms with Crippen LogP contribution in [0.3, 0.4) is 0 Å². The van der Waals surface area contributed by atoms with E-state index in [-0.39, 0.29) is 24.0 Å². The van der Waals surface area contributed by atoms with Crippen LogP contribution in [0.2, 0.25) is 0 Å². The van der Waals surface area contributed by atoms with E-state index in [0.29, 0.717) is 0 Å². The van der Waals surface area contributed by atoms with Gasteiger partial charge in [0.05, 0.1) is 20.8 Å². The highest BCUT2D eigenvalue weighted by Crippen LogP contribution is 2.37. The minimum atomic E-state index is 0. The zero-order chi connectivity index (χ0) is 26.3. The minimum absolute atomic E-state index is 0. The summed E-state index contributed by atoms with van der Waals surface area (Å²) in [5.74, 6) is 2.76. The Kier molecular flexibility index (Phi) is 15.8. The van der Waals surface area contributed by atoms with E-state index >= 15 is 0 Å². The summed E-state index contributed by atoms with van der Waals surface area (Å²) < 4.78 is 20.3. The smallest absolute Gasteiger partial charge is 0.184 e. The van der Waals surface area contributed by atoms with Crippen molar-refractivity contribution in [1.82, 2.24) is 0 Å². The second-order valence-electron chi connectivity index (χ2n) is 10.4. The van der Waals surface area contributed by atoms with Crippen molar-refractivity contribution >= 4 is 5.71 Å². The first-order valence-electron chi connectivity index (χ1n) is 14.8. The molecule has 0 amide bonds. The Labute approximate surface area is 249 Å². The number of unbranched alkanes of at least 4 members (excludes halogenated alkanes) is 9. The van der Waals surface area contributed by atoms with Gasteiger partial charge in [-0.15, -0.1) is 0 Å². The summed E-state index contributed by atoms with van der Waals surface area (Å²) in [5.41, 5.74) is 5.42. The molecule has 1 aliphatic heterocycles. The molecule has 0 unspecified atom stereocenters. The van der Waals surface area contributed by atoms with Crippen LogP contribution in [-0.4, -0.2) is 37.7 Å². The molecule has 0 N–H and O–H groups in total. The largest absolute Gasteiger partial charge is 1.00 e. The van der Waals surface area contributed by atoms with Gasteiger partial charge in [0.15, 0.2) is 23.8 Å². The van der Waals surface area contributed by atoms with Gasteiger partial charge in [0.2, 0.25) is 0 Å². The molecule has 0 radical (unpaired) electrons. The zero-order valence-electron chi connectivity index (χ0n) is 24.3. The summed E-state index contributed by atoms with van der Waals surface area (Å²) in [6, 6.07) is 12.9. The average molecular weight is 636 g/mol. The minimum Gasteiger partial charge on any atom is -1.00 e. The number of nitrogens with zero attached hydrogens (tertiary/aromatic N) is 1. The second kappa shape index (κ2) is 18.5. The summed E-state index contributed by atoms with van der Waals surface area (Å²) in [4.78, 5) is 0. The molecule has 1 heterocycles. The first-order chi connectivity index (χ1) is 18.2. The Morgan fingerprint density at radius 1 is 0.789 bits per heavy atom. The Balaban J connectivity index is 0.00000507. The molecule has 212 valence electrons. The van der Waals surface area contributed by atoms with Gasteiger partial charge < -0.3 is 38.2 Å². The Hall–Kier alpha value is -1.76. The molecule has 0 atom stereocenters. The predicted octanol–water partition coefficient (Wildman–Crippen LogP) is 5.37. The van der Waals surface area contributed by atoms with Gasteiger partial charge in [0.25, 0.3) is 0 Å². The molecule has 38 heavy (non-hydrogen) atoms. The van der Waals surface area contributed by atoms with Crippen LogP contribution in [-0.2, 0) is 13.0 Å². The fraction of sp³-hybridized carbons (Fsp3) is 0.606. The maximum atomic E-state index is 6.45. The topological polar surface area (TPSA) is 30.7 Å². The molecule has 1 aliphatic rings. The molecule has 2 aromatic carbocycles. The average Bonchev–Trinajstić information content (AvgIpc) is 2.93. The third kappa shape index (κ3) is 9.77. The van der Waals surface area contributed by atoms with Crippen molar-refractivity contribution in [2.75, 3.05) is 27.4 Å². The quantitative estimate of drug-likeness (QED) is 0.126. The number of ether oxygens (including phenoxy) is 3. The lowest BCUT2D eigenvalue weighted by Gasteiger charge is -2.23. The number of methoxy groups -OCH3 is 2. The van der Waals surface area contributed by atoms with Gasteiger partial charge in [-0.2, -0.15) is 0 Å². The number of rotatable bonds is 18. The Bertz CT molecular complexity index is 988. The lowest BCUT2D eigenvalue weighted by atomic mass is 9.92. The van der Waals surface area contributed by atoms with Gasteiger partial charge >= 0.3 is 0 Å². The first-order valence-corrected chi connectivity index (χ1v) is 14.8. The predicted molar refractivity (Wildman–Crippen MR) is 155 cm³/mol. The molecule has 2 aromatic rings. The maximum absolute atomic E-state index is 6.45. The fourth-order valence-corrected chi connectivity index (χ4v) is 5.41. The van der Waals surface area contributed by atoms with Crippen molar-refractivity contribution in [2.24, 2.45) is 0 Å². The van der Waals surface area contributed by atoms with E-state index in [1.807, 2.05) is 6.07 Å². The van der Waals surface area contributed by atoms with Gasteiger partial charge in [-0.25, -0.2) is 4.58 Å². The van der Waals surface area contributed by atoms with Crippen LogP contribution in [0, 0.1) is 0 Å². The molecule has 0 aliphatic carbocycles. The van der Waals surface area contributed by atoms with Crippen molar-refractivity contribution < 1.29 is 42.8 Å². The van der Waals surface area contributed by atoms with E-state index in [1.54, 1.807) is 14.2 Å². The van der Waals surface area contributed by atoms with Crippen molar-refractivity contribution in [3.63, 3.8) is 0 Å².